The summed E-state index contributed by atoms with van der Waals surface area (Å²) in [7, 11) is 0. The van der Waals surface area contributed by atoms with E-state index in [0.717, 1.165) is 12.8 Å². The largest absolute Gasteiger partial charge is 0.348 e. The highest BCUT2D eigenvalue weighted by Gasteiger charge is 2.24. The van der Waals surface area contributed by atoms with Gasteiger partial charge in [0.2, 0.25) is 5.91 Å². The van der Waals surface area contributed by atoms with Crippen molar-refractivity contribution >= 4 is 11.8 Å². The molecule has 120 valence electrons. The monoisotopic (exact) mass is 306 g/mol. The standard InChI is InChI=1S/C15H22N4O3/c1-10(2)9-14(21)19-7-5-11(6-8-19)16-15(22)12-3-4-13(20)18-17-12/h3-4,10-11H,5-9H2,1-2H3,(H,16,22)(H,18,20). The van der Waals surface area contributed by atoms with Crippen LogP contribution in [-0.2, 0) is 4.79 Å². The second-order valence-corrected chi connectivity index (χ2v) is 6.03. The van der Waals surface area contributed by atoms with Crippen LogP contribution < -0.4 is 10.9 Å². The number of hydrogen-bond donors (Lipinski definition) is 2. The van der Waals surface area contributed by atoms with Crippen molar-refractivity contribution in [2.24, 2.45) is 5.92 Å². The number of aromatic nitrogens is 2. The molecule has 0 spiro atoms. The van der Waals surface area contributed by atoms with Gasteiger partial charge in [-0.1, -0.05) is 13.8 Å². The molecular formula is C15H22N4O3. The van der Waals surface area contributed by atoms with E-state index < -0.39 is 0 Å². The molecule has 1 aromatic rings. The van der Waals surface area contributed by atoms with E-state index >= 15 is 0 Å². The van der Waals surface area contributed by atoms with Crippen LogP contribution in [0, 0.1) is 5.92 Å². The quantitative estimate of drug-likeness (QED) is 0.848. The summed E-state index contributed by atoms with van der Waals surface area (Å²) in [6.45, 7) is 5.38. The second kappa shape index (κ2) is 7.20. The van der Waals surface area contributed by atoms with Gasteiger partial charge < -0.3 is 10.2 Å². The van der Waals surface area contributed by atoms with Gasteiger partial charge in [0, 0.05) is 31.6 Å². The first-order valence-corrected chi connectivity index (χ1v) is 7.60. The first-order valence-electron chi connectivity index (χ1n) is 7.60. The molecule has 0 aromatic carbocycles. The lowest BCUT2D eigenvalue weighted by Gasteiger charge is -2.32. The number of amides is 2. The number of nitrogens with zero attached hydrogens (tertiary/aromatic N) is 2. The molecule has 2 amide bonds. The number of aromatic amines is 1. The Morgan fingerprint density at radius 2 is 2.05 bits per heavy atom. The molecule has 1 fully saturated rings. The number of rotatable bonds is 4. The molecule has 0 radical (unpaired) electrons. The third-order valence-corrected chi connectivity index (χ3v) is 3.68. The number of hydrogen-bond acceptors (Lipinski definition) is 4. The molecule has 22 heavy (non-hydrogen) atoms. The van der Waals surface area contributed by atoms with Crippen LogP contribution in [0.25, 0.3) is 0 Å². The van der Waals surface area contributed by atoms with Crippen molar-refractivity contribution in [2.45, 2.75) is 39.2 Å². The van der Waals surface area contributed by atoms with Gasteiger partial charge in [-0.3, -0.25) is 14.4 Å². The number of piperidine rings is 1. The van der Waals surface area contributed by atoms with Crippen LogP contribution in [-0.4, -0.2) is 46.0 Å². The van der Waals surface area contributed by atoms with E-state index in [1.807, 2.05) is 18.7 Å². The summed E-state index contributed by atoms with van der Waals surface area (Å²) in [6, 6.07) is 2.70. The van der Waals surface area contributed by atoms with Gasteiger partial charge >= 0.3 is 0 Å². The Labute approximate surface area is 129 Å². The zero-order valence-corrected chi connectivity index (χ0v) is 13.0. The molecule has 1 aromatic heterocycles. The highest BCUT2D eigenvalue weighted by Crippen LogP contribution is 2.13. The van der Waals surface area contributed by atoms with Crippen molar-refractivity contribution < 1.29 is 9.59 Å². The van der Waals surface area contributed by atoms with E-state index in [1.54, 1.807) is 0 Å². The molecule has 2 heterocycles. The molecule has 2 rings (SSSR count). The van der Waals surface area contributed by atoms with Crippen molar-refractivity contribution in [2.75, 3.05) is 13.1 Å². The fourth-order valence-corrected chi connectivity index (χ4v) is 2.48. The van der Waals surface area contributed by atoms with Crippen LogP contribution in [0.3, 0.4) is 0 Å². The Morgan fingerprint density at radius 1 is 1.36 bits per heavy atom. The molecule has 7 heteroatoms. The highest BCUT2D eigenvalue weighted by molar-refractivity contribution is 5.92. The minimum atomic E-state index is -0.339. The van der Waals surface area contributed by atoms with Gasteiger partial charge in [0.05, 0.1) is 0 Å². The summed E-state index contributed by atoms with van der Waals surface area (Å²) >= 11 is 0. The predicted molar refractivity (Wildman–Crippen MR) is 81.4 cm³/mol. The third-order valence-electron chi connectivity index (χ3n) is 3.68. The highest BCUT2D eigenvalue weighted by atomic mass is 16.2. The summed E-state index contributed by atoms with van der Waals surface area (Å²) in [5, 5.41) is 8.84. The molecule has 7 nitrogen and oxygen atoms in total. The van der Waals surface area contributed by atoms with Crippen molar-refractivity contribution in [1.82, 2.24) is 20.4 Å². The minimum Gasteiger partial charge on any atom is -0.348 e. The van der Waals surface area contributed by atoms with E-state index in [-0.39, 0.29) is 29.1 Å². The Kier molecular flexibility index (Phi) is 5.30. The smallest absolute Gasteiger partial charge is 0.271 e. The summed E-state index contributed by atoms with van der Waals surface area (Å²) in [5.41, 5.74) is -0.147. The zero-order chi connectivity index (χ0) is 16.1. The molecule has 0 atom stereocenters. The van der Waals surface area contributed by atoms with Crippen LogP contribution in [0.5, 0.6) is 0 Å². The maximum absolute atomic E-state index is 12.0. The fraction of sp³-hybridized carbons (Fsp3) is 0.600. The summed E-state index contributed by atoms with van der Waals surface area (Å²) in [5.74, 6) is 0.238. The Hall–Kier alpha value is -2.18. The van der Waals surface area contributed by atoms with Crippen LogP contribution >= 0.6 is 0 Å². The van der Waals surface area contributed by atoms with Gasteiger partial charge in [-0.25, -0.2) is 5.10 Å². The van der Waals surface area contributed by atoms with Gasteiger partial charge in [-0.15, -0.1) is 0 Å². The molecule has 0 aliphatic carbocycles. The van der Waals surface area contributed by atoms with Crippen LogP contribution in [0.1, 0.15) is 43.6 Å². The molecular weight excluding hydrogens is 284 g/mol. The molecule has 0 bridgehead atoms. The number of nitrogens with one attached hydrogen (secondary N) is 2. The Balaban J connectivity index is 1.82. The molecule has 0 saturated carbocycles. The normalized spacial score (nSPS) is 15.9. The maximum Gasteiger partial charge on any atom is 0.271 e. The number of carbonyl (C=O) groups excluding carboxylic acids is 2. The van der Waals surface area contributed by atoms with E-state index in [0.29, 0.717) is 25.4 Å². The van der Waals surface area contributed by atoms with Gasteiger partial charge in [0.15, 0.2) is 0 Å². The van der Waals surface area contributed by atoms with Crippen molar-refractivity contribution in [3.8, 4) is 0 Å². The maximum atomic E-state index is 12.0. The van der Waals surface area contributed by atoms with E-state index in [4.69, 9.17) is 0 Å². The summed E-state index contributed by atoms with van der Waals surface area (Å²) in [4.78, 5) is 36.8. The molecule has 1 aliphatic rings. The first kappa shape index (κ1) is 16.2. The lowest BCUT2D eigenvalue weighted by Crippen LogP contribution is -2.47. The average Bonchev–Trinajstić information content (AvgIpc) is 2.48. The van der Waals surface area contributed by atoms with E-state index in [9.17, 15) is 14.4 Å². The van der Waals surface area contributed by atoms with Crippen LogP contribution in [0.4, 0.5) is 0 Å². The third kappa shape index (κ3) is 4.41. The first-order chi connectivity index (χ1) is 10.5. The van der Waals surface area contributed by atoms with Gasteiger partial charge in [0.1, 0.15) is 5.69 Å². The molecule has 0 unspecified atom stereocenters. The van der Waals surface area contributed by atoms with Crippen molar-refractivity contribution in [3.05, 3.63) is 28.2 Å². The number of likely N-dealkylation sites (tertiary alicyclic amines) is 1. The Bertz CT molecular complexity index is 568. The lowest BCUT2D eigenvalue weighted by molar-refractivity contribution is -0.133. The second-order valence-electron chi connectivity index (χ2n) is 6.03. The van der Waals surface area contributed by atoms with Crippen LogP contribution in [0.2, 0.25) is 0 Å². The summed E-state index contributed by atoms with van der Waals surface area (Å²) in [6.07, 6.45) is 2.04. The van der Waals surface area contributed by atoms with Gasteiger partial charge in [0.25, 0.3) is 11.5 Å². The molecule has 1 aliphatic heterocycles. The zero-order valence-electron chi connectivity index (χ0n) is 13.0. The summed E-state index contributed by atoms with van der Waals surface area (Å²) < 4.78 is 0. The number of H-pyrrole nitrogens is 1. The van der Waals surface area contributed by atoms with Crippen molar-refractivity contribution in [3.63, 3.8) is 0 Å². The fourth-order valence-electron chi connectivity index (χ4n) is 2.48. The average molecular weight is 306 g/mol. The number of carbonyl (C=O) groups is 2. The van der Waals surface area contributed by atoms with Gasteiger partial charge in [-0.2, -0.15) is 5.10 Å². The topological polar surface area (TPSA) is 95.2 Å². The predicted octanol–water partition coefficient (Wildman–Crippen LogP) is 0.537. The molecule has 2 N–H and O–H groups in total. The minimum absolute atomic E-state index is 0.0318. The lowest BCUT2D eigenvalue weighted by atomic mass is 10.0. The van der Waals surface area contributed by atoms with Gasteiger partial charge in [-0.05, 0) is 24.8 Å². The van der Waals surface area contributed by atoms with Crippen LogP contribution in [0.15, 0.2) is 16.9 Å². The SMILES string of the molecule is CC(C)CC(=O)N1CCC(NC(=O)c2ccc(=O)[nH]n2)CC1. The Morgan fingerprint density at radius 3 is 2.59 bits per heavy atom. The van der Waals surface area contributed by atoms with E-state index in [2.05, 4.69) is 15.5 Å². The molecule has 1 saturated heterocycles. The van der Waals surface area contributed by atoms with E-state index in [1.165, 1.54) is 12.1 Å². The van der Waals surface area contributed by atoms with Crippen molar-refractivity contribution in [1.29, 1.82) is 0 Å².